The number of pyridine rings is 1. The van der Waals surface area contributed by atoms with Crippen molar-refractivity contribution in [1.82, 2.24) is 4.98 Å². The number of rotatable bonds is 7. The highest BCUT2D eigenvalue weighted by Crippen LogP contribution is 2.42. The van der Waals surface area contributed by atoms with Crippen LogP contribution in [0.3, 0.4) is 0 Å². The summed E-state index contributed by atoms with van der Waals surface area (Å²) < 4.78 is 48.5. The Morgan fingerprint density at radius 3 is 2.31 bits per heavy atom. The maximum Gasteiger partial charge on any atom is 0.418 e. The van der Waals surface area contributed by atoms with E-state index in [0.717, 1.165) is 18.1 Å². The fourth-order valence-electron chi connectivity index (χ4n) is 3.42. The van der Waals surface area contributed by atoms with Crippen molar-refractivity contribution in [3.05, 3.63) is 61.7 Å². The Morgan fingerprint density at radius 2 is 1.75 bits per heavy atom. The normalized spacial score (nSPS) is 11.7. The lowest BCUT2D eigenvalue weighted by Gasteiger charge is -2.17. The smallest absolute Gasteiger partial charge is 0.418 e. The molecule has 4 nitrogen and oxygen atoms in total. The molecule has 1 heterocycles. The summed E-state index contributed by atoms with van der Waals surface area (Å²) >= 11 is 6.75. The first-order valence-corrected chi connectivity index (χ1v) is 11.5. The fourth-order valence-corrected chi connectivity index (χ4v) is 4.86. The van der Waals surface area contributed by atoms with E-state index in [1.165, 1.54) is 0 Å². The topological polar surface area (TPSA) is 59.4 Å². The molecular formula is C23H20Br2F3NO3. The molecule has 0 saturated heterocycles. The van der Waals surface area contributed by atoms with Gasteiger partial charge in [-0.2, -0.15) is 13.2 Å². The highest BCUT2D eigenvalue weighted by atomic mass is 79.9. The second-order valence-corrected chi connectivity index (χ2v) is 9.14. The van der Waals surface area contributed by atoms with Crippen molar-refractivity contribution in [3.8, 4) is 11.5 Å². The minimum absolute atomic E-state index is 0.0256. The number of halogens is 5. The number of ether oxygens (including phenoxy) is 1. The van der Waals surface area contributed by atoms with Crippen LogP contribution in [0.15, 0.2) is 39.3 Å². The van der Waals surface area contributed by atoms with Gasteiger partial charge in [0, 0.05) is 17.5 Å². The molecule has 32 heavy (non-hydrogen) atoms. The maximum absolute atomic E-state index is 13.9. The zero-order valence-electron chi connectivity index (χ0n) is 17.3. The Bertz CT molecular complexity index is 1160. The highest BCUT2D eigenvalue weighted by molar-refractivity contribution is 9.11. The van der Waals surface area contributed by atoms with Gasteiger partial charge in [-0.05, 0) is 93.1 Å². The third-order valence-electron chi connectivity index (χ3n) is 4.86. The number of aromatic nitrogens is 1. The van der Waals surface area contributed by atoms with Crippen LogP contribution in [0.2, 0.25) is 0 Å². The Morgan fingerprint density at radius 1 is 1.09 bits per heavy atom. The average molecular weight is 575 g/mol. The predicted molar refractivity (Wildman–Crippen MR) is 123 cm³/mol. The van der Waals surface area contributed by atoms with Crippen LogP contribution in [0.25, 0.3) is 10.9 Å². The van der Waals surface area contributed by atoms with Gasteiger partial charge in [0.25, 0.3) is 0 Å². The number of hydrogen-bond acceptors (Lipinski definition) is 3. The molecule has 0 fully saturated rings. The van der Waals surface area contributed by atoms with Crippen LogP contribution in [-0.2, 0) is 23.8 Å². The number of carbonyl (C=O) groups is 1. The van der Waals surface area contributed by atoms with Crippen molar-refractivity contribution < 1.29 is 27.8 Å². The molecule has 0 amide bonds. The molecular weight excluding hydrogens is 555 g/mol. The van der Waals surface area contributed by atoms with Gasteiger partial charge in [0.1, 0.15) is 5.75 Å². The highest BCUT2D eigenvalue weighted by Gasteiger charge is 2.34. The van der Waals surface area contributed by atoms with E-state index in [1.807, 2.05) is 6.92 Å². The van der Waals surface area contributed by atoms with Gasteiger partial charge in [0.15, 0.2) is 5.75 Å². The Kier molecular flexibility index (Phi) is 7.50. The van der Waals surface area contributed by atoms with Gasteiger partial charge in [-0.3, -0.25) is 9.78 Å². The lowest BCUT2D eigenvalue weighted by atomic mass is 10.0. The Labute approximate surface area is 200 Å². The van der Waals surface area contributed by atoms with Crippen LogP contribution in [0, 0.1) is 6.92 Å². The monoisotopic (exact) mass is 573 g/mol. The van der Waals surface area contributed by atoms with Gasteiger partial charge in [-0.25, -0.2) is 0 Å². The standard InChI is InChI=1S/C23H20Br2F3NO3/c1-3-4-14-7-12(2)16-10-15(11-17(21(16)29-14)23(26,27)28)32-22-18(24)8-13(9-19(22)25)5-6-20(30)31/h7-11H,3-6H2,1-2H3,(H,30,31). The van der Waals surface area contributed by atoms with Gasteiger partial charge < -0.3 is 9.84 Å². The van der Waals surface area contributed by atoms with Gasteiger partial charge in [-0.1, -0.05) is 13.3 Å². The van der Waals surface area contributed by atoms with E-state index in [4.69, 9.17) is 9.84 Å². The van der Waals surface area contributed by atoms with Crippen LogP contribution >= 0.6 is 31.9 Å². The van der Waals surface area contributed by atoms with Crippen LogP contribution in [0.5, 0.6) is 11.5 Å². The molecule has 0 atom stereocenters. The van der Waals surface area contributed by atoms with E-state index >= 15 is 0 Å². The third kappa shape index (κ3) is 5.61. The Balaban J connectivity index is 2.07. The molecule has 3 aromatic rings. The summed E-state index contributed by atoms with van der Waals surface area (Å²) in [6.45, 7) is 3.71. The maximum atomic E-state index is 13.9. The summed E-state index contributed by atoms with van der Waals surface area (Å²) in [6.07, 6.45) is -2.94. The van der Waals surface area contributed by atoms with E-state index in [9.17, 15) is 18.0 Å². The zero-order valence-corrected chi connectivity index (χ0v) is 20.5. The molecule has 9 heteroatoms. The van der Waals surface area contributed by atoms with Crippen molar-refractivity contribution in [2.75, 3.05) is 0 Å². The van der Waals surface area contributed by atoms with Crippen molar-refractivity contribution in [2.45, 2.75) is 45.7 Å². The summed E-state index contributed by atoms with van der Waals surface area (Å²) in [5.41, 5.74) is 1.12. The van der Waals surface area contributed by atoms with E-state index in [0.29, 0.717) is 44.2 Å². The largest absolute Gasteiger partial charge is 0.481 e. The third-order valence-corrected chi connectivity index (χ3v) is 6.04. The lowest BCUT2D eigenvalue weighted by Crippen LogP contribution is -2.08. The van der Waals surface area contributed by atoms with Crippen LogP contribution in [0.4, 0.5) is 13.2 Å². The van der Waals surface area contributed by atoms with Crippen molar-refractivity contribution in [2.24, 2.45) is 0 Å². The number of nitrogens with zero attached hydrogens (tertiary/aromatic N) is 1. The summed E-state index contributed by atoms with van der Waals surface area (Å²) in [4.78, 5) is 15.1. The molecule has 0 bridgehead atoms. The minimum Gasteiger partial charge on any atom is -0.481 e. The molecule has 0 saturated carbocycles. The van der Waals surface area contributed by atoms with E-state index in [1.54, 1.807) is 31.2 Å². The van der Waals surface area contributed by atoms with Crippen LogP contribution in [-0.4, -0.2) is 16.1 Å². The summed E-state index contributed by atoms with van der Waals surface area (Å²) in [5.74, 6) is -0.595. The number of aryl methyl sites for hydroxylation is 3. The molecule has 1 aromatic heterocycles. The predicted octanol–water partition coefficient (Wildman–Crippen LogP) is 7.85. The van der Waals surface area contributed by atoms with Gasteiger partial charge in [0.2, 0.25) is 0 Å². The summed E-state index contributed by atoms with van der Waals surface area (Å²) in [5, 5.41) is 9.24. The molecule has 2 aromatic carbocycles. The number of carboxylic acid groups (broad SMARTS) is 1. The number of alkyl halides is 3. The number of benzene rings is 2. The molecule has 0 aliphatic heterocycles. The average Bonchev–Trinajstić information content (AvgIpc) is 2.68. The quantitative estimate of drug-likeness (QED) is 0.312. The van der Waals surface area contributed by atoms with Crippen LogP contribution < -0.4 is 4.74 Å². The molecule has 0 radical (unpaired) electrons. The van der Waals surface area contributed by atoms with E-state index in [2.05, 4.69) is 36.8 Å². The first-order valence-electron chi connectivity index (χ1n) is 9.88. The molecule has 3 rings (SSSR count). The molecule has 0 spiro atoms. The molecule has 0 unspecified atom stereocenters. The van der Waals surface area contributed by atoms with Crippen molar-refractivity contribution in [1.29, 1.82) is 0 Å². The minimum atomic E-state index is -4.60. The first-order chi connectivity index (χ1) is 15.0. The van der Waals surface area contributed by atoms with Gasteiger partial charge in [0.05, 0.1) is 20.0 Å². The molecule has 0 aliphatic carbocycles. The SMILES string of the molecule is CCCc1cc(C)c2cc(Oc3c(Br)cc(CCC(=O)O)cc3Br)cc(C(F)(F)F)c2n1. The first kappa shape index (κ1) is 24.5. The molecule has 170 valence electrons. The van der Waals surface area contributed by atoms with Crippen molar-refractivity contribution in [3.63, 3.8) is 0 Å². The number of carboxylic acids is 1. The van der Waals surface area contributed by atoms with Crippen molar-refractivity contribution >= 4 is 48.7 Å². The second kappa shape index (κ2) is 9.79. The summed E-state index contributed by atoms with van der Waals surface area (Å²) in [7, 11) is 0. The van der Waals surface area contributed by atoms with Gasteiger partial charge >= 0.3 is 12.1 Å². The summed E-state index contributed by atoms with van der Waals surface area (Å²) in [6, 6.07) is 7.71. The van der Waals surface area contributed by atoms with Crippen LogP contribution in [0.1, 0.15) is 42.1 Å². The number of hydrogen-bond donors (Lipinski definition) is 1. The van der Waals surface area contributed by atoms with E-state index in [-0.39, 0.29) is 17.7 Å². The number of aliphatic carboxylic acids is 1. The lowest BCUT2D eigenvalue weighted by molar-refractivity contribution is -0.137. The van der Waals surface area contributed by atoms with E-state index < -0.39 is 17.7 Å². The number of fused-ring (bicyclic) bond motifs is 1. The van der Waals surface area contributed by atoms with Gasteiger partial charge in [-0.15, -0.1) is 0 Å². The zero-order chi connectivity index (χ0) is 23.6. The molecule has 1 N–H and O–H groups in total. The Hall–Kier alpha value is -2.13. The second-order valence-electron chi connectivity index (χ2n) is 7.43. The fraction of sp³-hybridized carbons (Fsp3) is 0.304. The molecule has 0 aliphatic rings.